The van der Waals surface area contributed by atoms with Crippen LogP contribution in [0.1, 0.15) is 31.4 Å². The molecule has 1 amide bonds. The molecule has 0 radical (unpaired) electrons. The molecule has 1 atom stereocenters. The minimum atomic E-state index is -0.850. The minimum Gasteiger partial charge on any atom is -0.480 e. The first-order valence-electron chi connectivity index (χ1n) is 8.05. The lowest BCUT2D eigenvalue weighted by molar-refractivity contribution is -0.142. The fourth-order valence-corrected chi connectivity index (χ4v) is 3.96. The molecule has 0 bridgehead atoms. The standard InChI is InChI=1S/C15H22N4O3S/c20-13(9-19-7-3-4-12(19)14(21)22)17-15-16-11(10-23-15)8-18-5-1-2-6-18/h10,12H,1-9H2,(H,21,22)(H,16,17,20). The molecule has 1 aromatic heterocycles. The van der Waals surface area contributed by atoms with Gasteiger partial charge < -0.3 is 10.4 Å². The Balaban J connectivity index is 1.49. The van der Waals surface area contributed by atoms with Gasteiger partial charge in [0.1, 0.15) is 6.04 Å². The van der Waals surface area contributed by atoms with Crippen molar-refractivity contribution in [3.8, 4) is 0 Å². The van der Waals surface area contributed by atoms with E-state index >= 15 is 0 Å². The number of nitrogens with one attached hydrogen (secondary N) is 1. The van der Waals surface area contributed by atoms with Gasteiger partial charge >= 0.3 is 5.97 Å². The van der Waals surface area contributed by atoms with Crippen molar-refractivity contribution in [1.82, 2.24) is 14.8 Å². The van der Waals surface area contributed by atoms with Crippen molar-refractivity contribution in [1.29, 1.82) is 0 Å². The molecule has 2 N–H and O–H groups in total. The molecule has 3 rings (SSSR count). The Hall–Kier alpha value is -1.51. The topological polar surface area (TPSA) is 85.8 Å². The SMILES string of the molecule is O=C(CN1CCCC1C(=O)O)Nc1nc(CN2CCCC2)cs1. The van der Waals surface area contributed by atoms with Crippen molar-refractivity contribution in [2.75, 3.05) is 31.5 Å². The van der Waals surface area contributed by atoms with Crippen LogP contribution in [-0.2, 0) is 16.1 Å². The zero-order valence-corrected chi connectivity index (χ0v) is 13.8. The summed E-state index contributed by atoms with van der Waals surface area (Å²) in [5.74, 6) is -1.04. The highest BCUT2D eigenvalue weighted by molar-refractivity contribution is 7.13. The summed E-state index contributed by atoms with van der Waals surface area (Å²) in [6.07, 6.45) is 3.92. The second-order valence-electron chi connectivity index (χ2n) is 6.14. The quantitative estimate of drug-likeness (QED) is 0.811. The van der Waals surface area contributed by atoms with Crippen LogP contribution in [0.3, 0.4) is 0 Å². The van der Waals surface area contributed by atoms with Gasteiger partial charge in [-0.15, -0.1) is 11.3 Å². The highest BCUT2D eigenvalue weighted by Gasteiger charge is 2.31. The summed E-state index contributed by atoms with van der Waals surface area (Å²) in [5.41, 5.74) is 0.983. The fourth-order valence-electron chi connectivity index (χ4n) is 3.25. The van der Waals surface area contributed by atoms with E-state index in [1.165, 1.54) is 24.2 Å². The molecule has 1 unspecified atom stereocenters. The lowest BCUT2D eigenvalue weighted by atomic mass is 10.2. The molecule has 23 heavy (non-hydrogen) atoms. The van der Waals surface area contributed by atoms with Gasteiger partial charge in [0.15, 0.2) is 5.13 Å². The number of nitrogens with zero attached hydrogens (tertiary/aromatic N) is 3. The highest BCUT2D eigenvalue weighted by Crippen LogP contribution is 2.20. The average molecular weight is 338 g/mol. The molecular formula is C15H22N4O3S. The van der Waals surface area contributed by atoms with Gasteiger partial charge in [-0.2, -0.15) is 0 Å². The van der Waals surface area contributed by atoms with E-state index in [1.54, 1.807) is 4.90 Å². The van der Waals surface area contributed by atoms with Crippen LogP contribution in [0.2, 0.25) is 0 Å². The number of likely N-dealkylation sites (tertiary alicyclic amines) is 2. The molecule has 0 saturated carbocycles. The first-order chi connectivity index (χ1) is 11.1. The molecule has 2 aliphatic heterocycles. The van der Waals surface area contributed by atoms with Crippen molar-refractivity contribution in [3.05, 3.63) is 11.1 Å². The van der Waals surface area contributed by atoms with Crippen LogP contribution in [-0.4, -0.2) is 64.0 Å². The molecule has 2 fully saturated rings. The summed E-state index contributed by atoms with van der Waals surface area (Å²) in [7, 11) is 0. The molecule has 8 heteroatoms. The molecule has 126 valence electrons. The van der Waals surface area contributed by atoms with Gasteiger partial charge in [-0.05, 0) is 45.3 Å². The molecule has 0 aliphatic carbocycles. The Morgan fingerprint density at radius 1 is 1.30 bits per heavy atom. The number of carbonyl (C=O) groups excluding carboxylic acids is 1. The number of hydrogen-bond acceptors (Lipinski definition) is 6. The summed E-state index contributed by atoms with van der Waals surface area (Å²) < 4.78 is 0. The number of carboxylic acids is 1. The number of carboxylic acid groups (broad SMARTS) is 1. The fraction of sp³-hybridized carbons (Fsp3) is 0.667. The van der Waals surface area contributed by atoms with E-state index in [9.17, 15) is 9.59 Å². The second kappa shape index (κ2) is 7.37. The van der Waals surface area contributed by atoms with E-state index in [1.807, 2.05) is 5.38 Å². The third kappa shape index (κ3) is 4.27. The number of rotatable bonds is 6. The van der Waals surface area contributed by atoms with Crippen LogP contribution in [0.4, 0.5) is 5.13 Å². The maximum absolute atomic E-state index is 12.1. The van der Waals surface area contributed by atoms with Gasteiger partial charge in [0, 0.05) is 11.9 Å². The molecule has 0 aromatic carbocycles. The number of thiazole rings is 1. The predicted octanol–water partition coefficient (Wildman–Crippen LogP) is 1.23. The van der Waals surface area contributed by atoms with Crippen LogP contribution in [0.25, 0.3) is 0 Å². The van der Waals surface area contributed by atoms with Gasteiger partial charge in [0.05, 0.1) is 12.2 Å². The van der Waals surface area contributed by atoms with Crippen molar-refractivity contribution < 1.29 is 14.7 Å². The number of amides is 1. The predicted molar refractivity (Wildman–Crippen MR) is 87.5 cm³/mol. The van der Waals surface area contributed by atoms with Gasteiger partial charge in [0.25, 0.3) is 0 Å². The smallest absolute Gasteiger partial charge is 0.320 e. The highest BCUT2D eigenvalue weighted by atomic mass is 32.1. The van der Waals surface area contributed by atoms with Crippen LogP contribution in [0.15, 0.2) is 5.38 Å². The lowest BCUT2D eigenvalue weighted by Crippen LogP contribution is -2.40. The molecule has 0 spiro atoms. The summed E-state index contributed by atoms with van der Waals surface area (Å²) in [6, 6.07) is -0.539. The largest absolute Gasteiger partial charge is 0.480 e. The van der Waals surface area contributed by atoms with E-state index in [0.29, 0.717) is 18.1 Å². The minimum absolute atomic E-state index is 0.109. The third-order valence-electron chi connectivity index (χ3n) is 4.38. The Bertz CT molecular complexity index is 571. The van der Waals surface area contributed by atoms with Crippen LogP contribution in [0.5, 0.6) is 0 Å². The summed E-state index contributed by atoms with van der Waals surface area (Å²) >= 11 is 1.42. The second-order valence-corrected chi connectivity index (χ2v) is 7.00. The zero-order chi connectivity index (χ0) is 16.2. The van der Waals surface area contributed by atoms with Crippen LogP contribution >= 0.6 is 11.3 Å². The number of aromatic nitrogens is 1. The number of hydrogen-bond donors (Lipinski definition) is 2. The van der Waals surface area contributed by atoms with E-state index < -0.39 is 12.0 Å². The molecule has 2 aliphatic rings. The number of carbonyl (C=O) groups is 2. The van der Waals surface area contributed by atoms with Crippen molar-refractivity contribution in [2.24, 2.45) is 0 Å². The first kappa shape index (κ1) is 16.4. The Morgan fingerprint density at radius 3 is 2.83 bits per heavy atom. The number of aliphatic carboxylic acids is 1. The third-order valence-corrected chi connectivity index (χ3v) is 5.18. The van der Waals surface area contributed by atoms with Crippen molar-refractivity contribution >= 4 is 28.3 Å². The van der Waals surface area contributed by atoms with Crippen molar-refractivity contribution in [2.45, 2.75) is 38.3 Å². The van der Waals surface area contributed by atoms with E-state index in [-0.39, 0.29) is 12.5 Å². The maximum Gasteiger partial charge on any atom is 0.320 e. The monoisotopic (exact) mass is 338 g/mol. The van der Waals surface area contributed by atoms with E-state index in [0.717, 1.165) is 31.7 Å². The van der Waals surface area contributed by atoms with Gasteiger partial charge in [-0.1, -0.05) is 0 Å². The van der Waals surface area contributed by atoms with Crippen LogP contribution < -0.4 is 5.32 Å². The van der Waals surface area contributed by atoms with Crippen molar-refractivity contribution in [3.63, 3.8) is 0 Å². The Labute approximate surface area is 139 Å². The molecule has 3 heterocycles. The Morgan fingerprint density at radius 2 is 2.09 bits per heavy atom. The molecule has 7 nitrogen and oxygen atoms in total. The molecule has 1 aromatic rings. The zero-order valence-electron chi connectivity index (χ0n) is 13.0. The first-order valence-corrected chi connectivity index (χ1v) is 8.93. The Kier molecular flexibility index (Phi) is 5.24. The number of anilines is 1. The molecular weight excluding hydrogens is 316 g/mol. The summed E-state index contributed by atoms with van der Waals surface area (Å²) in [5, 5.41) is 14.5. The van der Waals surface area contributed by atoms with Gasteiger partial charge in [0.2, 0.25) is 5.91 Å². The molecule has 2 saturated heterocycles. The van der Waals surface area contributed by atoms with E-state index in [4.69, 9.17) is 5.11 Å². The average Bonchev–Trinajstić information content (AvgIpc) is 3.21. The summed E-state index contributed by atoms with van der Waals surface area (Å²) in [6.45, 7) is 3.83. The lowest BCUT2D eigenvalue weighted by Gasteiger charge is -2.19. The summed E-state index contributed by atoms with van der Waals surface area (Å²) in [4.78, 5) is 31.8. The van der Waals surface area contributed by atoms with Gasteiger partial charge in [-0.3, -0.25) is 19.4 Å². The maximum atomic E-state index is 12.1. The van der Waals surface area contributed by atoms with Gasteiger partial charge in [-0.25, -0.2) is 4.98 Å². The normalized spacial score (nSPS) is 22.5. The van der Waals surface area contributed by atoms with Crippen LogP contribution in [0, 0.1) is 0 Å². The van der Waals surface area contributed by atoms with E-state index in [2.05, 4.69) is 15.2 Å².